The maximum atomic E-state index is 11.9. The third-order valence-electron chi connectivity index (χ3n) is 2.50. The van der Waals surface area contributed by atoms with E-state index < -0.39 is 11.9 Å². The van der Waals surface area contributed by atoms with Gasteiger partial charge in [0.2, 0.25) is 0 Å². The number of carboxylic acids is 1. The third kappa shape index (κ3) is 2.92. The van der Waals surface area contributed by atoms with E-state index in [9.17, 15) is 14.7 Å². The zero-order valence-electron chi connectivity index (χ0n) is 10.2. The number of amides is 1. The third-order valence-corrected chi connectivity index (χ3v) is 3.05. The van der Waals surface area contributed by atoms with E-state index >= 15 is 0 Å². The first-order chi connectivity index (χ1) is 9.38. The standard InChI is InChI=1S/C12H9Cl2N3O3/c1-17-10(12(19)20)5-9(16-17)11(18)15-8-3-2-6(13)4-7(8)14/h2-5H,1H3,(H,15,18)(H,19,20)/p-1. The molecule has 0 saturated carbocycles. The number of carboxylic acid groups (broad SMARTS) is 1. The monoisotopic (exact) mass is 312 g/mol. The highest BCUT2D eigenvalue weighted by Gasteiger charge is 2.14. The molecule has 20 heavy (non-hydrogen) atoms. The predicted octanol–water partition coefficient (Wildman–Crippen LogP) is 1.34. The smallest absolute Gasteiger partial charge is 0.276 e. The topological polar surface area (TPSA) is 87.0 Å². The van der Waals surface area contributed by atoms with Gasteiger partial charge < -0.3 is 15.2 Å². The van der Waals surface area contributed by atoms with Gasteiger partial charge in [-0.15, -0.1) is 0 Å². The molecule has 2 rings (SSSR count). The molecular formula is C12H8Cl2N3O3-. The number of hydrogen-bond acceptors (Lipinski definition) is 4. The number of hydrogen-bond donors (Lipinski definition) is 1. The quantitative estimate of drug-likeness (QED) is 0.926. The highest BCUT2D eigenvalue weighted by Crippen LogP contribution is 2.25. The molecule has 1 heterocycles. The highest BCUT2D eigenvalue weighted by molar-refractivity contribution is 6.36. The van der Waals surface area contributed by atoms with Gasteiger partial charge in [0.15, 0.2) is 5.69 Å². The van der Waals surface area contributed by atoms with E-state index in [1.165, 1.54) is 19.2 Å². The van der Waals surface area contributed by atoms with Crippen molar-refractivity contribution in [3.05, 3.63) is 45.7 Å². The molecule has 1 aromatic carbocycles. The van der Waals surface area contributed by atoms with Crippen LogP contribution in [0, 0.1) is 0 Å². The molecule has 0 bridgehead atoms. The van der Waals surface area contributed by atoms with Gasteiger partial charge in [0, 0.05) is 12.1 Å². The second-order valence-electron chi connectivity index (χ2n) is 3.90. The second kappa shape index (κ2) is 5.52. The number of anilines is 1. The molecule has 2 aromatic rings. The molecule has 0 aliphatic carbocycles. The number of carbonyl (C=O) groups is 2. The fraction of sp³-hybridized carbons (Fsp3) is 0.0833. The van der Waals surface area contributed by atoms with E-state index in [2.05, 4.69) is 10.4 Å². The number of halogens is 2. The number of nitrogens with zero attached hydrogens (tertiary/aromatic N) is 2. The van der Waals surface area contributed by atoms with E-state index in [4.69, 9.17) is 23.2 Å². The van der Waals surface area contributed by atoms with Gasteiger partial charge in [0.1, 0.15) is 0 Å². The summed E-state index contributed by atoms with van der Waals surface area (Å²) < 4.78 is 1.05. The normalized spacial score (nSPS) is 10.3. The van der Waals surface area contributed by atoms with Crippen molar-refractivity contribution >= 4 is 40.8 Å². The van der Waals surface area contributed by atoms with Crippen LogP contribution in [-0.2, 0) is 7.05 Å². The number of aromatic nitrogens is 2. The Labute approximate surface area is 123 Å². The SMILES string of the molecule is Cn1nc(C(=O)Nc2ccc(Cl)cc2Cl)cc1C(=O)[O-]. The van der Waals surface area contributed by atoms with E-state index in [0.29, 0.717) is 10.7 Å². The van der Waals surface area contributed by atoms with Crippen molar-refractivity contribution in [1.82, 2.24) is 9.78 Å². The first-order valence-electron chi connectivity index (χ1n) is 5.40. The van der Waals surface area contributed by atoms with Crippen LogP contribution in [0.15, 0.2) is 24.3 Å². The largest absolute Gasteiger partial charge is 0.543 e. The summed E-state index contributed by atoms with van der Waals surface area (Å²) >= 11 is 11.7. The summed E-state index contributed by atoms with van der Waals surface area (Å²) in [6.45, 7) is 0. The van der Waals surface area contributed by atoms with Crippen molar-refractivity contribution in [3.8, 4) is 0 Å². The molecule has 1 N–H and O–H groups in total. The molecule has 0 fully saturated rings. The zero-order valence-corrected chi connectivity index (χ0v) is 11.7. The van der Waals surface area contributed by atoms with Crippen molar-refractivity contribution in [2.75, 3.05) is 5.32 Å². The van der Waals surface area contributed by atoms with Gasteiger partial charge in [-0.2, -0.15) is 5.10 Å². The first kappa shape index (κ1) is 14.4. The van der Waals surface area contributed by atoms with Gasteiger partial charge in [-0.05, 0) is 24.3 Å². The van der Waals surface area contributed by atoms with Crippen molar-refractivity contribution in [1.29, 1.82) is 0 Å². The van der Waals surface area contributed by atoms with Crippen molar-refractivity contribution in [2.45, 2.75) is 0 Å². The van der Waals surface area contributed by atoms with Crippen LogP contribution in [0.3, 0.4) is 0 Å². The maximum Gasteiger partial charge on any atom is 0.276 e. The molecule has 1 amide bonds. The highest BCUT2D eigenvalue weighted by atomic mass is 35.5. The van der Waals surface area contributed by atoms with E-state index in [1.54, 1.807) is 6.07 Å². The van der Waals surface area contributed by atoms with Gasteiger partial charge in [0.25, 0.3) is 5.91 Å². The number of benzene rings is 1. The summed E-state index contributed by atoms with van der Waals surface area (Å²) in [6, 6.07) is 5.69. The molecule has 8 heteroatoms. The lowest BCUT2D eigenvalue weighted by molar-refractivity contribution is -0.255. The van der Waals surface area contributed by atoms with Crippen molar-refractivity contribution in [2.24, 2.45) is 7.05 Å². The Morgan fingerprint density at radius 3 is 2.55 bits per heavy atom. The zero-order chi connectivity index (χ0) is 14.9. The molecular weight excluding hydrogens is 305 g/mol. The number of aryl methyl sites for hydroxylation is 1. The van der Waals surface area contributed by atoms with Crippen LogP contribution < -0.4 is 10.4 Å². The number of carbonyl (C=O) groups excluding carboxylic acids is 2. The minimum absolute atomic E-state index is 0.0577. The van der Waals surface area contributed by atoms with Gasteiger partial charge in [0.05, 0.1) is 22.4 Å². The molecule has 1 aromatic heterocycles. The summed E-state index contributed by atoms with van der Waals surface area (Å²) in [5.74, 6) is -2.00. The maximum absolute atomic E-state index is 11.9. The number of aromatic carboxylic acids is 1. The van der Waals surface area contributed by atoms with Crippen LogP contribution in [0.1, 0.15) is 21.0 Å². The Hall–Kier alpha value is -2.05. The summed E-state index contributed by atoms with van der Waals surface area (Å²) in [5.41, 5.74) is 0.0942. The van der Waals surface area contributed by atoms with Crippen LogP contribution in [0.25, 0.3) is 0 Å². The van der Waals surface area contributed by atoms with E-state index in [0.717, 1.165) is 10.7 Å². The van der Waals surface area contributed by atoms with Crippen LogP contribution in [-0.4, -0.2) is 21.7 Å². The molecule has 0 saturated heterocycles. The van der Waals surface area contributed by atoms with E-state index in [-0.39, 0.29) is 16.4 Å². The van der Waals surface area contributed by atoms with Crippen molar-refractivity contribution < 1.29 is 14.7 Å². The summed E-state index contributed by atoms with van der Waals surface area (Å²) in [7, 11) is 1.40. The van der Waals surface area contributed by atoms with Crippen LogP contribution in [0.2, 0.25) is 10.0 Å². The Morgan fingerprint density at radius 2 is 2.00 bits per heavy atom. The Balaban J connectivity index is 2.24. The number of rotatable bonds is 3. The van der Waals surface area contributed by atoms with Crippen molar-refractivity contribution in [3.63, 3.8) is 0 Å². The fourth-order valence-corrected chi connectivity index (χ4v) is 2.00. The molecule has 0 spiro atoms. The lowest BCUT2D eigenvalue weighted by Gasteiger charge is -2.05. The van der Waals surface area contributed by atoms with Gasteiger partial charge in [-0.3, -0.25) is 9.48 Å². The summed E-state index contributed by atoms with van der Waals surface area (Å²) in [5, 5.41) is 17.8. The molecule has 6 nitrogen and oxygen atoms in total. The van der Waals surface area contributed by atoms with Gasteiger partial charge in [-0.1, -0.05) is 23.2 Å². The molecule has 0 atom stereocenters. The first-order valence-corrected chi connectivity index (χ1v) is 6.16. The Kier molecular flexibility index (Phi) is 3.96. The second-order valence-corrected chi connectivity index (χ2v) is 4.75. The van der Waals surface area contributed by atoms with E-state index in [1.807, 2.05) is 0 Å². The lowest BCUT2D eigenvalue weighted by Crippen LogP contribution is -2.24. The average molecular weight is 313 g/mol. The Morgan fingerprint density at radius 1 is 1.30 bits per heavy atom. The molecule has 0 unspecified atom stereocenters. The van der Waals surface area contributed by atoms with Gasteiger partial charge in [-0.25, -0.2) is 0 Å². The molecule has 0 radical (unpaired) electrons. The number of nitrogens with one attached hydrogen (secondary N) is 1. The lowest BCUT2D eigenvalue weighted by atomic mass is 10.3. The Bertz CT molecular complexity index is 697. The molecule has 104 valence electrons. The minimum Gasteiger partial charge on any atom is -0.543 e. The van der Waals surface area contributed by atoms with Crippen LogP contribution in [0.4, 0.5) is 5.69 Å². The van der Waals surface area contributed by atoms with Crippen LogP contribution in [0.5, 0.6) is 0 Å². The van der Waals surface area contributed by atoms with Crippen LogP contribution >= 0.6 is 23.2 Å². The molecule has 0 aliphatic rings. The predicted molar refractivity (Wildman–Crippen MR) is 72.0 cm³/mol. The minimum atomic E-state index is -1.41. The van der Waals surface area contributed by atoms with Gasteiger partial charge >= 0.3 is 0 Å². The molecule has 0 aliphatic heterocycles. The summed E-state index contributed by atoms with van der Waals surface area (Å²) in [4.78, 5) is 22.7. The summed E-state index contributed by atoms with van der Waals surface area (Å²) in [6.07, 6.45) is 0. The average Bonchev–Trinajstić information content (AvgIpc) is 2.75. The fourth-order valence-electron chi connectivity index (χ4n) is 1.55.